The predicted octanol–water partition coefficient (Wildman–Crippen LogP) is 2.47. The molecule has 2 rings (SSSR count). The van der Waals surface area contributed by atoms with Crippen LogP contribution in [0.25, 0.3) is 0 Å². The lowest BCUT2D eigenvalue weighted by molar-refractivity contribution is -0.126. The lowest BCUT2D eigenvalue weighted by atomic mass is 9.99. The van der Waals surface area contributed by atoms with Crippen LogP contribution in [0.4, 0.5) is 0 Å². The molecule has 7 heteroatoms. The van der Waals surface area contributed by atoms with E-state index < -0.39 is 10.0 Å². The zero-order chi connectivity index (χ0) is 20.9. The molecule has 1 aromatic carbocycles. The minimum atomic E-state index is -3.60. The van der Waals surface area contributed by atoms with Gasteiger partial charge in [0.05, 0.1) is 10.8 Å². The first-order valence-electron chi connectivity index (χ1n) is 10.3. The molecule has 1 atom stereocenters. The molecule has 0 radical (unpaired) electrons. The molecule has 1 aliphatic rings. The third-order valence-electron chi connectivity index (χ3n) is 5.58. The monoisotopic (exact) mass is 409 g/mol. The zero-order valence-electron chi connectivity index (χ0n) is 17.9. The van der Waals surface area contributed by atoms with E-state index in [4.69, 9.17) is 0 Å². The normalized spacial score (nSPS) is 18.4. The second kappa shape index (κ2) is 9.85. The van der Waals surface area contributed by atoms with Crippen molar-refractivity contribution >= 4 is 15.9 Å². The molecule has 158 valence electrons. The number of nitrogens with zero attached hydrogens (tertiary/aromatic N) is 2. The summed E-state index contributed by atoms with van der Waals surface area (Å²) >= 11 is 0. The van der Waals surface area contributed by atoms with Crippen molar-refractivity contribution in [3.8, 4) is 0 Å². The van der Waals surface area contributed by atoms with Gasteiger partial charge in [-0.3, -0.25) is 4.79 Å². The van der Waals surface area contributed by atoms with Gasteiger partial charge in [0.25, 0.3) is 0 Å². The maximum absolute atomic E-state index is 13.3. The van der Waals surface area contributed by atoms with Crippen molar-refractivity contribution in [3.05, 3.63) is 28.8 Å². The number of nitrogens with one attached hydrogen (secondary N) is 1. The smallest absolute Gasteiger partial charge is 0.243 e. The van der Waals surface area contributed by atoms with Crippen LogP contribution in [-0.4, -0.2) is 62.8 Å². The van der Waals surface area contributed by atoms with E-state index in [0.717, 1.165) is 42.7 Å². The molecular formula is C21H35N3O3S. The number of carbonyl (C=O) groups is 1. The van der Waals surface area contributed by atoms with E-state index in [1.54, 1.807) is 0 Å². The number of amides is 1. The maximum Gasteiger partial charge on any atom is 0.243 e. The SMILES string of the molecule is CCN(CC)CCNC(=O)[C@H]1CCCN(S(=O)(=O)c2c(C)cc(C)cc2C)C1. The van der Waals surface area contributed by atoms with Crippen LogP contribution in [0.3, 0.4) is 0 Å². The van der Waals surface area contributed by atoms with Gasteiger partial charge in [-0.15, -0.1) is 0 Å². The molecule has 0 unspecified atom stereocenters. The summed E-state index contributed by atoms with van der Waals surface area (Å²) in [7, 11) is -3.60. The minimum absolute atomic E-state index is 0.0376. The largest absolute Gasteiger partial charge is 0.355 e. The van der Waals surface area contributed by atoms with Gasteiger partial charge in [0, 0.05) is 26.2 Å². The minimum Gasteiger partial charge on any atom is -0.355 e. The summed E-state index contributed by atoms with van der Waals surface area (Å²) in [6.45, 7) is 13.9. The summed E-state index contributed by atoms with van der Waals surface area (Å²) < 4.78 is 28.0. The Morgan fingerprint density at radius 1 is 1.18 bits per heavy atom. The molecule has 1 saturated heterocycles. The highest BCUT2D eigenvalue weighted by atomic mass is 32.2. The zero-order valence-corrected chi connectivity index (χ0v) is 18.7. The first-order valence-corrected chi connectivity index (χ1v) is 11.7. The Morgan fingerprint density at radius 3 is 2.36 bits per heavy atom. The topological polar surface area (TPSA) is 69.7 Å². The van der Waals surface area contributed by atoms with Crippen molar-refractivity contribution in [2.75, 3.05) is 39.3 Å². The van der Waals surface area contributed by atoms with Crippen molar-refractivity contribution in [2.45, 2.75) is 52.4 Å². The molecule has 28 heavy (non-hydrogen) atoms. The Morgan fingerprint density at radius 2 is 1.79 bits per heavy atom. The second-order valence-corrected chi connectivity index (χ2v) is 9.62. The van der Waals surface area contributed by atoms with E-state index in [-0.39, 0.29) is 18.4 Å². The fourth-order valence-corrected chi connectivity index (χ4v) is 6.03. The highest BCUT2D eigenvalue weighted by molar-refractivity contribution is 7.89. The van der Waals surface area contributed by atoms with Crippen LogP contribution in [0.5, 0.6) is 0 Å². The summed E-state index contributed by atoms with van der Waals surface area (Å²) in [6, 6.07) is 3.81. The van der Waals surface area contributed by atoms with Gasteiger partial charge in [-0.2, -0.15) is 4.31 Å². The highest BCUT2D eigenvalue weighted by Gasteiger charge is 2.34. The summed E-state index contributed by atoms with van der Waals surface area (Å²) in [5.41, 5.74) is 2.59. The van der Waals surface area contributed by atoms with Crippen molar-refractivity contribution in [1.29, 1.82) is 0 Å². The molecule has 6 nitrogen and oxygen atoms in total. The van der Waals surface area contributed by atoms with E-state index in [9.17, 15) is 13.2 Å². The number of likely N-dealkylation sites (N-methyl/N-ethyl adjacent to an activating group) is 1. The van der Waals surface area contributed by atoms with E-state index >= 15 is 0 Å². The Labute approximate surface area is 170 Å². The fraction of sp³-hybridized carbons (Fsp3) is 0.667. The van der Waals surface area contributed by atoms with Gasteiger partial charge >= 0.3 is 0 Å². The standard InChI is InChI=1S/C21H35N3O3S/c1-6-23(7-2)12-10-22-21(25)19-9-8-11-24(15-19)28(26,27)20-17(4)13-16(3)14-18(20)5/h13-14,19H,6-12,15H2,1-5H3,(H,22,25)/t19-/m0/s1. The fourth-order valence-electron chi connectivity index (χ4n) is 4.10. The number of rotatable bonds is 8. The summed E-state index contributed by atoms with van der Waals surface area (Å²) in [5.74, 6) is -0.323. The van der Waals surface area contributed by atoms with Crippen molar-refractivity contribution < 1.29 is 13.2 Å². The lowest BCUT2D eigenvalue weighted by Gasteiger charge is -2.32. The first-order chi connectivity index (χ1) is 13.2. The van der Waals surface area contributed by atoms with Crippen LogP contribution >= 0.6 is 0 Å². The maximum atomic E-state index is 13.3. The molecule has 0 saturated carbocycles. The van der Waals surface area contributed by atoms with Crippen LogP contribution in [0, 0.1) is 26.7 Å². The van der Waals surface area contributed by atoms with Crippen LogP contribution < -0.4 is 5.32 Å². The van der Waals surface area contributed by atoms with Gasteiger partial charge in [0.2, 0.25) is 15.9 Å². The highest BCUT2D eigenvalue weighted by Crippen LogP contribution is 2.28. The Balaban J connectivity index is 2.07. The van der Waals surface area contributed by atoms with E-state index in [0.29, 0.717) is 24.4 Å². The molecule has 0 aromatic heterocycles. The van der Waals surface area contributed by atoms with E-state index in [2.05, 4.69) is 24.1 Å². The number of hydrogen-bond acceptors (Lipinski definition) is 4. The molecular weight excluding hydrogens is 374 g/mol. The summed E-state index contributed by atoms with van der Waals surface area (Å²) in [5, 5.41) is 2.99. The van der Waals surface area contributed by atoms with Crippen LogP contribution in [0.15, 0.2) is 17.0 Å². The number of carbonyl (C=O) groups excluding carboxylic acids is 1. The van der Waals surface area contributed by atoms with Gasteiger partial charge in [0.15, 0.2) is 0 Å². The summed E-state index contributed by atoms with van der Waals surface area (Å²) in [6.07, 6.45) is 1.44. The van der Waals surface area contributed by atoms with Crippen molar-refractivity contribution in [1.82, 2.24) is 14.5 Å². The average Bonchev–Trinajstić information content (AvgIpc) is 2.64. The van der Waals surface area contributed by atoms with Crippen LogP contribution in [-0.2, 0) is 14.8 Å². The van der Waals surface area contributed by atoms with Gasteiger partial charge in [-0.25, -0.2) is 8.42 Å². The van der Waals surface area contributed by atoms with Gasteiger partial charge in [-0.1, -0.05) is 31.5 Å². The Hall–Kier alpha value is -1.44. The van der Waals surface area contributed by atoms with Gasteiger partial charge in [-0.05, 0) is 57.8 Å². The van der Waals surface area contributed by atoms with Crippen molar-refractivity contribution in [3.63, 3.8) is 0 Å². The average molecular weight is 410 g/mol. The molecule has 0 bridgehead atoms. The quantitative estimate of drug-likeness (QED) is 0.716. The third kappa shape index (κ3) is 5.33. The Bertz CT molecular complexity index is 765. The summed E-state index contributed by atoms with van der Waals surface area (Å²) in [4.78, 5) is 15.2. The molecule has 0 spiro atoms. The van der Waals surface area contributed by atoms with Gasteiger partial charge in [0.1, 0.15) is 0 Å². The first kappa shape index (κ1) is 22.8. The lowest BCUT2D eigenvalue weighted by Crippen LogP contribution is -2.46. The molecule has 0 aliphatic carbocycles. The Kier molecular flexibility index (Phi) is 8.04. The predicted molar refractivity (Wildman–Crippen MR) is 113 cm³/mol. The van der Waals surface area contributed by atoms with Crippen LogP contribution in [0.1, 0.15) is 43.4 Å². The molecule has 1 fully saturated rings. The van der Waals surface area contributed by atoms with Crippen molar-refractivity contribution in [2.24, 2.45) is 5.92 Å². The number of aryl methyl sites for hydroxylation is 3. The van der Waals surface area contributed by atoms with Crippen LogP contribution in [0.2, 0.25) is 0 Å². The molecule has 1 aromatic rings. The molecule has 1 aliphatic heterocycles. The molecule has 1 heterocycles. The molecule has 1 amide bonds. The number of hydrogen-bond donors (Lipinski definition) is 1. The number of piperidine rings is 1. The van der Waals surface area contributed by atoms with Gasteiger partial charge < -0.3 is 10.2 Å². The van der Waals surface area contributed by atoms with E-state index in [1.165, 1.54) is 4.31 Å². The van der Waals surface area contributed by atoms with E-state index in [1.807, 2.05) is 32.9 Å². The number of sulfonamides is 1. The number of benzene rings is 1. The third-order valence-corrected chi connectivity index (χ3v) is 7.75. The second-order valence-electron chi connectivity index (χ2n) is 7.75. The molecule has 1 N–H and O–H groups in total.